The van der Waals surface area contributed by atoms with Gasteiger partial charge in [-0.05, 0) is 49.2 Å². The van der Waals surface area contributed by atoms with E-state index in [0.29, 0.717) is 0 Å². The summed E-state index contributed by atoms with van der Waals surface area (Å²) in [5.41, 5.74) is -0.0383. The Morgan fingerprint density at radius 1 is 0.444 bits per heavy atom. The molecule has 5 aromatic carbocycles. The molecule has 2 nitrogen and oxygen atoms in total. The summed E-state index contributed by atoms with van der Waals surface area (Å²) >= 11 is 0. The fourth-order valence-corrected chi connectivity index (χ4v) is 4.57. The molecule has 126 valence electrons. The van der Waals surface area contributed by atoms with Crippen molar-refractivity contribution in [3.05, 3.63) is 95.4 Å². The molecule has 27 heavy (non-hydrogen) atoms. The molecular weight excluding hydrogens is 330 g/mol. The fraction of sp³-hybridized carbons (Fsp3) is 0. The van der Waals surface area contributed by atoms with Crippen LogP contribution in [0.15, 0.2) is 89.9 Å². The Labute approximate surface area is 154 Å². The van der Waals surface area contributed by atoms with E-state index in [1.54, 1.807) is 6.20 Å². The summed E-state index contributed by atoms with van der Waals surface area (Å²) in [5.74, 6) is 0. The molecule has 0 aliphatic heterocycles. The second kappa shape index (κ2) is 5.18. The van der Waals surface area contributed by atoms with Gasteiger partial charge in [0.1, 0.15) is 0 Å². The Morgan fingerprint density at radius 3 is 1.41 bits per heavy atom. The normalized spacial score (nSPS) is 11.9. The van der Waals surface area contributed by atoms with Crippen LogP contribution in [-0.2, 0) is 0 Å². The first kappa shape index (κ1) is 14.5. The Balaban J connectivity index is 2.17. The maximum absolute atomic E-state index is 13.0. The lowest BCUT2D eigenvalue weighted by atomic mass is 9.88. The van der Waals surface area contributed by atoms with E-state index < -0.39 is 0 Å². The zero-order valence-electron chi connectivity index (χ0n) is 14.5. The van der Waals surface area contributed by atoms with E-state index >= 15 is 0 Å². The first-order valence-corrected chi connectivity index (χ1v) is 9.10. The van der Waals surface area contributed by atoms with E-state index in [9.17, 15) is 4.79 Å². The van der Waals surface area contributed by atoms with Crippen LogP contribution in [0.2, 0.25) is 0 Å². The summed E-state index contributed by atoms with van der Waals surface area (Å²) in [6.45, 7) is 0. The van der Waals surface area contributed by atoms with Crippen molar-refractivity contribution < 1.29 is 0 Å². The molecule has 1 heterocycles. The number of hydrogen-bond donors (Lipinski definition) is 1. The molecule has 0 unspecified atom stereocenters. The molecule has 0 bridgehead atoms. The van der Waals surface area contributed by atoms with Gasteiger partial charge >= 0.3 is 0 Å². The van der Waals surface area contributed by atoms with Crippen molar-refractivity contribution in [3.63, 3.8) is 0 Å². The first-order valence-electron chi connectivity index (χ1n) is 9.10. The van der Waals surface area contributed by atoms with Crippen LogP contribution in [0.1, 0.15) is 0 Å². The molecule has 2 heteroatoms. The van der Waals surface area contributed by atoms with Gasteiger partial charge in [0.15, 0.2) is 0 Å². The van der Waals surface area contributed by atoms with Gasteiger partial charge in [0.25, 0.3) is 5.56 Å². The molecule has 0 aliphatic carbocycles. The van der Waals surface area contributed by atoms with Crippen molar-refractivity contribution in [1.29, 1.82) is 0 Å². The largest absolute Gasteiger partial charge is 0.329 e. The highest BCUT2D eigenvalue weighted by atomic mass is 16.1. The topological polar surface area (TPSA) is 32.9 Å². The van der Waals surface area contributed by atoms with E-state index in [4.69, 9.17) is 0 Å². The second-order valence-corrected chi connectivity index (χ2v) is 6.98. The number of benzene rings is 5. The van der Waals surface area contributed by atoms with Crippen molar-refractivity contribution in [2.45, 2.75) is 0 Å². The molecular formula is C25H15NO. The molecule has 6 aromatic rings. The molecule has 1 aromatic heterocycles. The standard InChI is InChI=1S/C25H15NO/c27-25-24-21(13-14-26-25)17-9-3-5-11-19(17)22-18-10-4-1-7-15(18)16-8-2-6-12-20(16)23(22)24/h1-14H,(H,26,27). The van der Waals surface area contributed by atoms with Crippen molar-refractivity contribution >= 4 is 53.9 Å². The number of aromatic amines is 1. The van der Waals surface area contributed by atoms with Gasteiger partial charge in [-0.2, -0.15) is 0 Å². The first-order chi connectivity index (χ1) is 13.3. The fourth-order valence-electron chi connectivity index (χ4n) is 4.57. The van der Waals surface area contributed by atoms with Crippen LogP contribution < -0.4 is 5.56 Å². The van der Waals surface area contributed by atoms with Crippen LogP contribution >= 0.6 is 0 Å². The van der Waals surface area contributed by atoms with Crippen molar-refractivity contribution in [1.82, 2.24) is 4.98 Å². The highest BCUT2D eigenvalue weighted by Gasteiger charge is 2.16. The molecule has 0 aliphatic rings. The quantitative estimate of drug-likeness (QED) is 0.329. The average molecular weight is 345 g/mol. The third-order valence-corrected chi connectivity index (χ3v) is 5.63. The minimum Gasteiger partial charge on any atom is -0.329 e. The van der Waals surface area contributed by atoms with Crippen LogP contribution in [0.4, 0.5) is 0 Å². The van der Waals surface area contributed by atoms with E-state index in [1.165, 1.54) is 21.5 Å². The molecule has 0 spiro atoms. The molecule has 0 fully saturated rings. The Hall–Kier alpha value is -3.65. The number of rotatable bonds is 0. The van der Waals surface area contributed by atoms with Gasteiger partial charge < -0.3 is 4.98 Å². The van der Waals surface area contributed by atoms with Gasteiger partial charge in [-0.1, -0.05) is 72.8 Å². The van der Waals surface area contributed by atoms with Crippen LogP contribution in [0.3, 0.4) is 0 Å². The third-order valence-electron chi connectivity index (χ3n) is 5.63. The highest BCUT2D eigenvalue weighted by Crippen LogP contribution is 2.42. The lowest BCUT2D eigenvalue weighted by molar-refractivity contribution is 1.28. The van der Waals surface area contributed by atoms with Crippen LogP contribution in [0.5, 0.6) is 0 Å². The van der Waals surface area contributed by atoms with Crippen LogP contribution in [-0.4, -0.2) is 4.98 Å². The zero-order chi connectivity index (χ0) is 18.0. The van der Waals surface area contributed by atoms with Gasteiger partial charge in [-0.3, -0.25) is 4.79 Å². The number of fused-ring (bicyclic) bond motifs is 11. The molecule has 1 N–H and O–H groups in total. The summed E-state index contributed by atoms with van der Waals surface area (Å²) in [5, 5.41) is 11.0. The predicted molar refractivity (Wildman–Crippen MR) is 115 cm³/mol. The maximum Gasteiger partial charge on any atom is 0.256 e. The smallest absolute Gasteiger partial charge is 0.256 e. The van der Waals surface area contributed by atoms with E-state index in [0.717, 1.165) is 32.3 Å². The predicted octanol–water partition coefficient (Wildman–Crippen LogP) is 6.14. The number of pyridine rings is 1. The number of aromatic nitrogens is 1. The molecule has 0 saturated carbocycles. The monoisotopic (exact) mass is 345 g/mol. The minimum absolute atomic E-state index is 0.0383. The number of H-pyrrole nitrogens is 1. The summed E-state index contributed by atoms with van der Waals surface area (Å²) in [6.07, 6.45) is 1.74. The SMILES string of the molecule is O=c1[nH]ccc2c3ccccc3c3c4ccccc4c4ccccc4c3c12. The minimum atomic E-state index is -0.0383. The van der Waals surface area contributed by atoms with Crippen molar-refractivity contribution in [3.8, 4) is 0 Å². The van der Waals surface area contributed by atoms with E-state index in [-0.39, 0.29) is 5.56 Å². The van der Waals surface area contributed by atoms with Gasteiger partial charge in [-0.15, -0.1) is 0 Å². The number of nitrogens with one attached hydrogen (secondary N) is 1. The van der Waals surface area contributed by atoms with Crippen molar-refractivity contribution in [2.24, 2.45) is 0 Å². The maximum atomic E-state index is 13.0. The lowest BCUT2D eigenvalue weighted by Crippen LogP contribution is -2.06. The van der Waals surface area contributed by atoms with E-state index in [2.05, 4.69) is 71.7 Å². The van der Waals surface area contributed by atoms with Gasteiger partial charge in [-0.25, -0.2) is 0 Å². The molecule has 0 saturated heterocycles. The molecule has 0 atom stereocenters. The second-order valence-electron chi connectivity index (χ2n) is 6.98. The van der Waals surface area contributed by atoms with Gasteiger partial charge in [0.2, 0.25) is 0 Å². The van der Waals surface area contributed by atoms with Gasteiger partial charge in [0.05, 0.1) is 5.39 Å². The Bertz CT molecular complexity index is 1580. The molecule has 0 radical (unpaired) electrons. The average Bonchev–Trinajstić information content (AvgIpc) is 2.73. The summed E-state index contributed by atoms with van der Waals surface area (Å²) < 4.78 is 0. The van der Waals surface area contributed by atoms with Gasteiger partial charge in [0, 0.05) is 11.6 Å². The molecule has 6 rings (SSSR count). The Kier molecular flexibility index (Phi) is 2.78. The van der Waals surface area contributed by atoms with E-state index in [1.807, 2.05) is 12.1 Å². The Morgan fingerprint density at radius 2 is 0.852 bits per heavy atom. The lowest BCUT2D eigenvalue weighted by Gasteiger charge is -2.15. The molecule has 0 amide bonds. The summed E-state index contributed by atoms with van der Waals surface area (Å²) in [7, 11) is 0. The summed E-state index contributed by atoms with van der Waals surface area (Å²) in [4.78, 5) is 15.8. The van der Waals surface area contributed by atoms with Crippen LogP contribution in [0, 0.1) is 0 Å². The summed E-state index contributed by atoms with van der Waals surface area (Å²) in [6, 6.07) is 27.3. The third kappa shape index (κ3) is 1.82. The van der Waals surface area contributed by atoms with Crippen LogP contribution in [0.25, 0.3) is 53.9 Å². The number of hydrogen-bond acceptors (Lipinski definition) is 1. The zero-order valence-corrected chi connectivity index (χ0v) is 14.5. The highest BCUT2D eigenvalue weighted by molar-refractivity contribution is 6.39. The van der Waals surface area contributed by atoms with Crippen molar-refractivity contribution in [2.75, 3.05) is 0 Å².